The second-order valence-corrected chi connectivity index (χ2v) is 11.9. The topological polar surface area (TPSA) is 64.7 Å². The monoisotopic (exact) mass is 628 g/mol. The van der Waals surface area contributed by atoms with Gasteiger partial charge in [0.2, 0.25) is 5.71 Å². The molecule has 9 aromatic rings. The van der Waals surface area contributed by atoms with E-state index >= 15 is 0 Å². The summed E-state index contributed by atoms with van der Waals surface area (Å²) in [7, 11) is 0. The SMILES string of the molecule is c1ccc(-c2ccc(-c3nc(-c4ccccc4)nc(-c4ccnc5oc6c(-c7ccc(-c8ccccc8)cc7)cccc6c45)n3)cc2)cc1. The molecule has 49 heavy (non-hydrogen) atoms. The van der Waals surface area contributed by atoms with Crippen molar-refractivity contribution in [3.8, 4) is 67.5 Å². The second kappa shape index (κ2) is 12.1. The molecule has 0 atom stereocenters. The minimum absolute atomic E-state index is 0.538. The molecule has 6 aromatic carbocycles. The van der Waals surface area contributed by atoms with Crippen molar-refractivity contribution in [2.24, 2.45) is 0 Å². The van der Waals surface area contributed by atoms with Crippen molar-refractivity contribution in [3.63, 3.8) is 0 Å². The van der Waals surface area contributed by atoms with E-state index in [0.717, 1.165) is 55.3 Å². The maximum absolute atomic E-state index is 6.52. The Kier molecular flexibility index (Phi) is 7.06. The summed E-state index contributed by atoms with van der Waals surface area (Å²) >= 11 is 0. The fourth-order valence-corrected chi connectivity index (χ4v) is 6.39. The van der Waals surface area contributed by atoms with Crippen molar-refractivity contribution in [3.05, 3.63) is 170 Å². The molecule has 0 saturated carbocycles. The first-order valence-electron chi connectivity index (χ1n) is 16.2. The molecule has 0 spiro atoms. The number of aromatic nitrogens is 4. The van der Waals surface area contributed by atoms with Crippen LogP contribution in [0.2, 0.25) is 0 Å². The average molecular weight is 629 g/mol. The van der Waals surface area contributed by atoms with Gasteiger partial charge in [0.05, 0.1) is 5.39 Å². The van der Waals surface area contributed by atoms with Crippen LogP contribution in [0.5, 0.6) is 0 Å². The number of pyridine rings is 1. The largest absolute Gasteiger partial charge is 0.437 e. The first-order valence-corrected chi connectivity index (χ1v) is 16.2. The molecular weight excluding hydrogens is 601 g/mol. The van der Waals surface area contributed by atoms with Crippen molar-refractivity contribution < 1.29 is 4.42 Å². The molecule has 0 radical (unpaired) electrons. The Balaban J connectivity index is 1.18. The molecule has 5 heteroatoms. The van der Waals surface area contributed by atoms with Gasteiger partial charge in [-0.1, -0.05) is 158 Å². The molecule has 0 fully saturated rings. The van der Waals surface area contributed by atoms with Gasteiger partial charge in [-0.25, -0.2) is 19.9 Å². The minimum atomic E-state index is 0.538. The van der Waals surface area contributed by atoms with E-state index in [-0.39, 0.29) is 0 Å². The van der Waals surface area contributed by atoms with Crippen LogP contribution in [0.3, 0.4) is 0 Å². The second-order valence-electron chi connectivity index (χ2n) is 11.9. The number of fused-ring (bicyclic) bond motifs is 3. The summed E-state index contributed by atoms with van der Waals surface area (Å²) < 4.78 is 6.52. The zero-order valence-electron chi connectivity index (χ0n) is 26.4. The van der Waals surface area contributed by atoms with Gasteiger partial charge in [-0.3, -0.25) is 0 Å². The molecule has 0 aliphatic carbocycles. The first-order chi connectivity index (χ1) is 24.3. The Morgan fingerprint density at radius 2 is 0.816 bits per heavy atom. The number of rotatable bonds is 6. The molecule has 0 unspecified atom stereocenters. The zero-order valence-corrected chi connectivity index (χ0v) is 26.4. The quantitative estimate of drug-likeness (QED) is 0.183. The van der Waals surface area contributed by atoms with Gasteiger partial charge in [-0.2, -0.15) is 0 Å². The molecular formula is C44H28N4O. The average Bonchev–Trinajstić information content (AvgIpc) is 3.58. The van der Waals surface area contributed by atoms with E-state index in [1.807, 2.05) is 60.7 Å². The highest BCUT2D eigenvalue weighted by Crippen LogP contribution is 2.40. The third kappa shape index (κ3) is 5.33. The first kappa shape index (κ1) is 28.5. The standard InChI is InChI=1S/C44H28N4O/c1-4-11-29(12-5-1)31-19-23-33(24-20-31)36-17-10-18-37-39-38(27-28-45-44(39)49-40(36)37)43-47-41(34-15-8-3-9-16-34)46-42(48-43)35-25-21-32(22-26-35)30-13-6-2-7-14-30/h1-28H. The summed E-state index contributed by atoms with van der Waals surface area (Å²) in [6.45, 7) is 0. The molecule has 0 aliphatic rings. The summed E-state index contributed by atoms with van der Waals surface area (Å²) in [5.41, 5.74) is 10.7. The van der Waals surface area contributed by atoms with Gasteiger partial charge in [0.1, 0.15) is 5.58 Å². The van der Waals surface area contributed by atoms with E-state index in [9.17, 15) is 0 Å². The Hall–Kier alpha value is -6.72. The number of nitrogens with zero attached hydrogens (tertiary/aromatic N) is 4. The van der Waals surface area contributed by atoms with Crippen LogP contribution in [0.15, 0.2) is 174 Å². The summed E-state index contributed by atoms with van der Waals surface area (Å²) in [6.07, 6.45) is 1.76. The maximum Gasteiger partial charge on any atom is 0.228 e. The summed E-state index contributed by atoms with van der Waals surface area (Å²) in [6, 6.07) is 55.9. The number of para-hydroxylation sites is 1. The fraction of sp³-hybridized carbons (Fsp3) is 0. The molecule has 0 saturated heterocycles. The highest BCUT2D eigenvalue weighted by Gasteiger charge is 2.20. The van der Waals surface area contributed by atoms with E-state index in [1.165, 1.54) is 11.1 Å². The third-order valence-electron chi connectivity index (χ3n) is 8.86. The van der Waals surface area contributed by atoms with E-state index in [4.69, 9.17) is 19.4 Å². The number of furan rings is 1. The van der Waals surface area contributed by atoms with Gasteiger partial charge in [0.25, 0.3) is 0 Å². The lowest BCUT2D eigenvalue weighted by molar-refractivity contribution is 0.655. The van der Waals surface area contributed by atoms with Gasteiger partial charge >= 0.3 is 0 Å². The fourth-order valence-electron chi connectivity index (χ4n) is 6.39. The predicted octanol–water partition coefficient (Wildman–Crippen LogP) is 11.2. The van der Waals surface area contributed by atoms with Crippen LogP contribution in [0, 0.1) is 0 Å². The Morgan fingerprint density at radius 3 is 1.41 bits per heavy atom. The van der Waals surface area contributed by atoms with Crippen LogP contribution < -0.4 is 0 Å². The van der Waals surface area contributed by atoms with E-state index in [2.05, 4.69) is 108 Å². The van der Waals surface area contributed by atoms with Crippen LogP contribution in [0.25, 0.3) is 89.6 Å². The molecule has 5 nitrogen and oxygen atoms in total. The summed E-state index contributed by atoms with van der Waals surface area (Å²) in [5.74, 6) is 1.76. The summed E-state index contributed by atoms with van der Waals surface area (Å²) in [5, 5.41) is 1.83. The molecule has 3 heterocycles. The molecule has 0 aliphatic heterocycles. The van der Waals surface area contributed by atoms with Crippen LogP contribution in [-0.2, 0) is 0 Å². The van der Waals surface area contributed by atoms with Crippen molar-refractivity contribution in [1.82, 2.24) is 19.9 Å². The Bertz CT molecular complexity index is 2560. The van der Waals surface area contributed by atoms with Gasteiger partial charge in [0, 0.05) is 33.8 Å². The highest BCUT2D eigenvalue weighted by atomic mass is 16.3. The molecule has 0 bridgehead atoms. The number of benzene rings is 6. The Labute approximate surface area is 283 Å². The molecule has 0 N–H and O–H groups in total. The van der Waals surface area contributed by atoms with Crippen molar-refractivity contribution in [1.29, 1.82) is 0 Å². The number of hydrogen-bond donors (Lipinski definition) is 0. The van der Waals surface area contributed by atoms with Crippen LogP contribution >= 0.6 is 0 Å². The van der Waals surface area contributed by atoms with Crippen LogP contribution in [-0.4, -0.2) is 19.9 Å². The van der Waals surface area contributed by atoms with Gasteiger partial charge in [-0.05, 0) is 33.9 Å². The molecule has 9 rings (SSSR count). The molecule has 0 amide bonds. The summed E-state index contributed by atoms with van der Waals surface area (Å²) in [4.78, 5) is 19.7. The van der Waals surface area contributed by atoms with Crippen LogP contribution in [0.1, 0.15) is 0 Å². The van der Waals surface area contributed by atoms with Crippen molar-refractivity contribution >= 4 is 22.1 Å². The number of hydrogen-bond acceptors (Lipinski definition) is 5. The lowest BCUT2D eigenvalue weighted by Gasteiger charge is -2.10. The normalized spacial score (nSPS) is 11.3. The van der Waals surface area contributed by atoms with Gasteiger partial charge in [-0.15, -0.1) is 0 Å². The van der Waals surface area contributed by atoms with E-state index in [0.29, 0.717) is 23.2 Å². The van der Waals surface area contributed by atoms with Crippen LogP contribution in [0.4, 0.5) is 0 Å². The molecule has 3 aromatic heterocycles. The smallest absolute Gasteiger partial charge is 0.228 e. The van der Waals surface area contributed by atoms with E-state index < -0.39 is 0 Å². The highest BCUT2D eigenvalue weighted by molar-refractivity contribution is 6.13. The predicted molar refractivity (Wildman–Crippen MR) is 198 cm³/mol. The van der Waals surface area contributed by atoms with Gasteiger partial charge in [0.15, 0.2) is 17.5 Å². The minimum Gasteiger partial charge on any atom is -0.437 e. The zero-order chi connectivity index (χ0) is 32.6. The molecule has 230 valence electrons. The van der Waals surface area contributed by atoms with Crippen molar-refractivity contribution in [2.45, 2.75) is 0 Å². The van der Waals surface area contributed by atoms with Crippen molar-refractivity contribution in [2.75, 3.05) is 0 Å². The third-order valence-corrected chi connectivity index (χ3v) is 8.86. The maximum atomic E-state index is 6.52. The lowest BCUT2D eigenvalue weighted by Crippen LogP contribution is -2.00. The Morgan fingerprint density at radius 1 is 0.347 bits per heavy atom. The van der Waals surface area contributed by atoms with E-state index in [1.54, 1.807) is 6.20 Å². The lowest BCUT2D eigenvalue weighted by atomic mass is 9.98. The van der Waals surface area contributed by atoms with Gasteiger partial charge < -0.3 is 4.42 Å².